The van der Waals surface area contributed by atoms with Gasteiger partial charge in [0.1, 0.15) is 11.8 Å². The molecule has 1 atom stereocenters. The van der Waals surface area contributed by atoms with Crippen LogP contribution in [0.15, 0.2) is 41.3 Å². The molecule has 0 radical (unpaired) electrons. The highest BCUT2D eigenvalue weighted by atomic mass is 32.2. The summed E-state index contributed by atoms with van der Waals surface area (Å²) in [6.07, 6.45) is 1.95. The van der Waals surface area contributed by atoms with Crippen LogP contribution in [0.25, 0.3) is 0 Å². The lowest BCUT2D eigenvalue weighted by Crippen LogP contribution is -2.43. The number of anilines is 2. The van der Waals surface area contributed by atoms with Gasteiger partial charge in [0.15, 0.2) is 6.61 Å². The molecular weight excluding hydrogens is 418 g/mol. The van der Waals surface area contributed by atoms with Crippen LogP contribution >= 0.6 is 0 Å². The van der Waals surface area contributed by atoms with Gasteiger partial charge in [-0.15, -0.1) is 0 Å². The van der Waals surface area contributed by atoms with E-state index in [0.717, 1.165) is 12.0 Å². The van der Waals surface area contributed by atoms with Crippen molar-refractivity contribution < 1.29 is 22.7 Å². The molecule has 4 rings (SSSR count). The fourth-order valence-corrected chi connectivity index (χ4v) is 5.84. The molecule has 0 spiro atoms. The Morgan fingerprint density at radius 3 is 2.71 bits per heavy atom. The molecule has 1 unspecified atom stereocenters. The van der Waals surface area contributed by atoms with Crippen LogP contribution < -0.4 is 15.4 Å². The van der Waals surface area contributed by atoms with Crippen molar-refractivity contribution in [1.29, 1.82) is 0 Å². The van der Waals surface area contributed by atoms with Crippen molar-refractivity contribution in [3.05, 3.63) is 47.5 Å². The summed E-state index contributed by atoms with van der Waals surface area (Å²) < 4.78 is 33.6. The largest absolute Gasteiger partial charge is 0.482 e. The fourth-order valence-electron chi connectivity index (χ4n) is 3.96. The number of hydrogen-bond donors (Lipinski definition) is 2. The van der Waals surface area contributed by atoms with E-state index >= 15 is 0 Å². The summed E-state index contributed by atoms with van der Waals surface area (Å²) >= 11 is 0. The van der Waals surface area contributed by atoms with E-state index in [2.05, 4.69) is 17.6 Å². The number of nitrogens with one attached hydrogen (secondary N) is 2. The second-order valence-electron chi connectivity index (χ2n) is 7.76. The third-order valence-electron chi connectivity index (χ3n) is 5.63. The first-order valence-corrected chi connectivity index (χ1v) is 11.7. The smallest absolute Gasteiger partial charge is 0.262 e. The van der Waals surface area contributed by atoms with Crippen LogP contribution in [0.5, 0.6) is 5.75 Å². The van der Waals surface area contributed by atoms with E-state index in [9.17, 15) is 18.0 Å². The zero-order valence-corrected chi connectivity index (χ0v) is 18.3. The SMILES string of the molecule is CCc1ccc(NC(=O)C2CCCN2S(=O)(=O)c2cc3c(cc2C)NC(=O)CO3)cc1. The molecule has 31 heavy (non-hydrogen) atoms. The molecule has 2 aromatic carbocycles. The lowest BCUT2D eigenvalue weighted by Gasteiger charge is -2.26. The summed E-state index contributed by atoms with van der Waals surface area (Å²) in [7, 11) is -3.93. The van der Waals surface area contributed by atoms with Crippen molar-refractivity contribution in [3.63, 3.8) is 0 Å². The number of aryl methyl sites for hydroxylation is 2. The molecule has 0 aromatic heterocycles. The Morgan fingerprint density at radius 1 is 1.26 bits per heavy atom. The average molecular weight is 444 g/mol. The number of carbonyl (C=O) groups is 2. The molecule has 2 amide bonds. The molecule has 2 aliphatic rings. The van der Waals surface area contributed by atoms with Crippen molar-refractivity contribution in [2.24, 2.45) is 0 Å². The van der Waals surface area contributed by atoms with E-state index in [1.807, 2.05) is 24.3 Å². The van der Waals surface area contributed by atoms with E-state index in [4.69, 9.17) is 4.74 Å². The third kappa shape index (κ3) is 4.15. The number of ether oxygens (including phenoxy) is 1. The number of hydrogen-bond acceptors (Lipinski definition) is 5. The molecule has 2 aliphatic heterocycles. The van der Waals surface area contributed by atoms with Gasteiger partial charge in [0.05, 0.1) is 10.6 Å². The van der Waals surface area contributed by atoms with Crippen LogP contribution in [0.4, 0.5) is 11.4 Å². The minimum atomic E-state index is -3.93. The van der Waals surface area contributed by atoms with Gasteiger partial charge >= 0.3 is 0 Å². The summed E-state index contributed by atoms with van der Waals surface area (Å²) in [6, 6.07) is 9.75. The molecular formula is C22H25N3O5S. The maximum Gasteiger partial charge on any atom is 0.262 e. The molecule has 0 saturated carbocycles. The topological polar surface area (TPSA) is 105 Å². The molecule has 0 aliphatic carbocycles. The van der Waals surface area contributed by atoms with Crippen molar-refractivity contribution >= 4 is 33.2 Å². The summed E-state index contributed by atoms with van der Waals surface area (Å²) in [4.78, 5) is 24.5. The normalized spacial score (nSPS) is 18.8. The van der Waals surface area contributed by atoms with Crippen LogP contribution in [0.3, 0.4) is 0 Å². The highest BCUT2D eigenvalue weighted by molar-refractivity contribution is 7.89. The van der Waals surface area contributed by atoms with E-state index in [0.29, 0.717) is 35.5 Å². The first-order valence-electron chi connectivity index (χ1n) is 10.3. The van der Waals surface area contributed by atoms with Gasteiger partial charge in [0.2, 0.25) is 15.9 Å². The van der Waals surface area contributed by atoms with Gasteiger partial charge in [0.25, 0.3) is 5.91 Å². The zero-order valence-electron chi connectivity index (χ0n) is 17.5. The third-order valence-corrected chi connectivity index (χ3v) is 7.68. The summed E-state index contributed by atoms with van der Waals surface area (Å²) in [6.45, 7) is 3.81. The van der Waals surface area contributed by atoms with Gasteiger partial charge in [-0.1, -0.05) is 19.1 Å². The molecule has 164 valence electrons. The Bertz CT molecular complexity index is 1130. The maximum absolute atomic E-state index is 13.5. The first kappa shape index (κ1) is 21.3. The van der Waals surface area contributed by atoms with E-state index in [1.165, 1.54) is 10.4 Å². The van der Waals surface area contributed by atoms with E-state index < -0.39 is 16.1 Å². The fraction of sp³-hybridized carbons (Fsp3) is 0.364. The average Bonchev–Trinajstić information content (AvgIpc) is 3.25. The van der Waals surface area contributed by atoms with Crippen LogP contribution in [-0.2, 0) is 26.0 Å². The lowest BCUT2D eigenvalue weighted by molar-refractivity contribution is -0.119. The molecule has 1 fully saturated rings. The lowest BCUT2D eigenvalue weighted by atomic mass is 10.1. The second-order valence-corrected chi connectivity index (χ2v) is 9.62. The number of fused-ring (bicyclic) bond motifs is 1. The molecule has 9 heteroatoms. The van der Waals surface area contributed by atoms with Gasteiger partial charge in [-0.05, 0) is 55.5 Å². The molecule has 2 aromatic rings. The molecule has 0 bridgehead atoms. The first-order chi connectivity index (χ1) is 14.8. The number of carbonyl (C=O) groups excluding carboxylic acids is 2. The number of rotatable bonds is 5. The number of benzene rings is 2. The maximum atomic E-state index is 13.5. The van der Waals surface area contributed by atoms with Crippen LogP contribution in [0, 0.1) is 6.92 Å². The van der Waals surface area contributed by atoms with Gasteiger partial charge in [-0.25, -0.2) is 8.42 Å². The van der Waals surface area contributed by atoms with E-state index in [-0.39, 0.29) is 29.9 Å². The minimum absolute atomic E-state index is 0.0781. The van der Waals surface area contributed by atoms with Crippen molar-refractivity contribution in [1.82, 2.24) is 4.31 Å². The summed E-state index contributed by atoms with van der Waals surface area (Å²) in [5.41, 5.74) is 2.72. The van der Waals surface area contributed by atoms with Crippen molar-refractivity contribution in [2.75, 3.05) is 23.8 Å². The summed E-state index contributed by atoms with van der Waals surface area (Å²) in [5.74, 6) is -0.324. The summed E-state index contributed by atoms with van der Waals surface area (Å²) in [5, 5.41) is 5.52. The van der Waals surface area contributed by atoms with E-state index in [1.54, 1.807) is 13.0 Å². The number of nitrogens with zero attached hydrogens (tertiary/aromatic N) is 1. The van der Waals surface area contributed by atoms with Gasteiger partial charge < -0.3 is 15.4 Å². The predicted octanol–water partition coefficient (Wildman–Crippen LogP) is 2.68. The quantitative estimate of drug-likeness (QED) is 0.739. The molecule has 2 heterocycles. The predicted molar refractivity (Wildman–Crippen MR) is 117 cm³/mol. The van der Waals surface area contributed by atoms with Crippen molar-refractivity contribution in [2.45, 2.75) is 44.0 Å². The Hall–Kier alpha value is -2.91. The standard InChI is InChI=1S/C22H25N3O5S/c1-3-15-6-8-16(9-7-15)23-22(27)18-5-4-10-25(18)31(28,29)20-12-19-17(11-14(20)2)24-21(26)13-30-19/h6-9,11-12,18H,3-5,10,13H2,1-2H3,(H,23,27)(H,24,26). The molecule has 1 saturated heterocycles. The van der Waals surface area contributed by atoms with Gasteiger partial charge in [-0.2, -0.15) is 4.31 Å². The van der Waals surface area contributed by atoms with Crippen LogP contribution in [0.1, 0.15) is 30.9 Å². The highest BCUT2D eigenvalue weighted by Gasteiger charge is 2.40. The Balaban J connectivity index is 1.58. The Morgan fingerprint density at radius 2 is 2.00 bits per heavy atom. The van der Waals surface area contributed by atoms with Crippen LogP contribution in [0.2, 0.25) is 0 Å². The Kier molecular flexibility index (Phi) is 5.72. The monoisotopic (exact) mass is 443 g/mol. The van der Waals surface area contributed by atoms with Crippen molar-refractivity contribution in [3.8, 4) is 5.75 Å². The molecule has 8 nitrogen and oxygen atoms in total. The van der Waals surface area contributed by atoms with Gasteiger partial charge in [0, 0.05) is 18.3 Å². The number of amides is 2. The molecule has 2 N–H and O–H groups in total. The highest BCUT2D eigenvalue weighted by Crippen LogP contribution is 2.36. The Labute approximate surface area is 181 Å². The zero-order chi connectivity index (χ0) is 22.2. The van der Waals surface area contributed by atoms with Gasteiger partial charge in [-0.3, -0.25) is 9.59 Å². The number of sulfonamides is 1. The minimum Gasteiger partial charge on any atom is -0.482 e. The van der Waals surface area contributed by atoms with Crippen LogP contribution in [-0.4, -0.2) is 43.7 Å². The second kappa shape index (κ2) is 8.32.